The van der Waals surface area contributed by atoms with Crippen LogP contribution in [0.5, 0.6) is 0 Å². The molecule has 1 rings (SSSR count). The molecule has 0 aliphatic carbocycles. The second kappa shape index (κ2) is 8.26. The van der Waals surface area contributed by atoms with Crippen molar-refractivity contribution >= 4 is 22.9 Å². The fourth-order valence-corrected chi connectivity index (χ4v) is 2.35. The van der Waals surface area contributed by atoms with Gasteiger partial charge in [0.15, 0.2) is 6.04 Å². The van der Waals surface area contributed by atoms with Gasteiger partial charge in [-0.1, -0.05) is 6.58 Å². The number of nitrogens with one attached hydrogen (secondary N) is 1. The largest absolute Gasteiger partial charge is 0.598 e. The van der Waals surface area contributed by atoms with E-state index < -0.39 is 28.1 Å². The van der Waals surface area contributed by atoms with Crippen molar-refractivity contribution in [2.24, 2.45) is 0 Å². The van der Waals surface area contributed by atoms with Crippen LogP contribution < -0.4 is 4.72 Å². The van der Waals surface area contributed by atoms with Crippen molar-refractivity contribution in [1.29, 1.82) is 0 Å². The van der Waals surface area contributed by atoms with Gasteiger partial charge in [0, 0.05) is 30.2 Å². The molecule has 1 aromatic heterocycles. The predicted molar refractivity (Wildman–Crippen MR) is 87.1 cm³/mol. The van der Waals surface area contributed by atoms with Crippen molar-refractivity contribution in [2.45, 2.75) is 44.9 Å². The summed E-state index contributed by atoms with van der Waals surface area (Å²) in [5.74, 6) is -0.454. The molecule has 0 aliphatic rings. The molecule has 0 amide bonds. The van der Waals surface area contributed by atoms with Crippen LogP contribution in [0.2, 0.25) is 0 Å². The zero-order valence-corrected chi connectivity index (χ0v) is 14.3. The minimum Gasteiger partial charge on any atom is -0.598 e. The van der Waals surface area contributed by atoms with Crippen molar-refractivity contribution in [1.82, 2.24) is 14.7 Å². The number of hydrogen-bond acceptors (Lipinski definition) is 6. The lowest BCUT2D eigenvalue weighted by atomic mass is 10.1. The number of carbonyl (C=O) groups excluding carboxylic acids is 1. The van der Waals surface area contributed by atoms with Crippen LogP contribution in [0.4, 0.5) is 0 Å². The van der Waals surface area contributed by atoms with E-state index >= 15 is 0 Å². The lowest BCUT2D eigenvalue weighted by Gasteiger charge is -2.27. The third-order valence-electron chi connectivity index (χ3n) is 2.75. The maximum absolute atomic E-state index is 12.2. The minimum absolute atomic E-state index is 0.249. The lowest BCUT2D eigenvalue weighted by molar-refractivity contribution is -0.144. The van der Waals surface area contributed by atoms with Crippen LogP contribution in [0.25, 0.3) is 5.57 Å². The highest BCUT2D eigenvalue weighted by molar-refractivity contribution is 7.90. The SMILES string of the molecule is C=C(C[C@@H](N[S+]([O-])C(C)(C)C)C(=O)OCC)c1cnccn1. The average Bonchev–Trinajstić information content (AvgIpc) is 2.46. The summed E-state index contributed by atoms with van der Waals surface area (Å²) in [6.07, 6.45) is 4.94. The number of esters is 1. The number of carbonyl (C=O) groups is 1. The zero-order chi connectivity index (χ0) is 16.8. The van der Waals surface area contributed by atoms with Gasteiger partial charge in [0.1, 0.15) is 4.75 Å². The first-order valence-corrected chi connectivity index (χ1v) is 8.19. The summed E-state index contributed by atoms with van der Waals surface area (Å²) in [6.45, 7) is 11.4. The van der Waals surface area contributed by atoms with Crippen molar-refractivity contribution in [3.05, 3.63) is 30.9 Å². The smallest absolute Gasteiger partial charge is 0.328 e. The Morgan fingerprint density at radius 2 is 2.18 bits per heavy atom. The van der Waals surface area contributed by atoms with Gasteiger partial charge in [-0.25, -0.2) is 0 Å². The molecule has 1 unspecified atom stereocenters. The molecule has 1 aromatic rings. The standard InChI is InChI=1S/C15H23N3O3S/c1-6-21-14(19)12(18-22(20)15(3,4)5)9-11(2)13-10-16-7-8-17-13/h7-8,10,12,18H,2,6,9H2,1,3-5H3/t12-,22?/m1/s1. The summed E-state index contributed by atoms with van der Waals surface area (Å²) in [7, 11) is 0. The van der Waals surface area contributed by atoms with Crippen LogP contribution in [-0.2, 0) is 20.9 Å². The Balaban J connectivity index is 2.82. The van der Waals surface area contributed by atoms with Crippen LogP contribution in [0.15, 0.2) is 25.2 Å². The molecule has 22 heavy (non-hydrogen) atoms. The summed E-state index contributed by atoms with van der Waals surface area (Å²) in [5, 5.41) is 0. The molecule has 1 N–H and O–H groups in total. The highest BCUT2D eigenvalue weighted by Gasteiger charge is 2.33. The van der Waals surface area contributed by atoms with Gasteiger partial charge in [-0.15, -0.1) is 4.72 Å². The van der Waals surface area contributed by atoms with Crippen LogP contribution >= 0.6 is 0 Å². The van der Waals surface area contributed by atoms with Gasteiger partial charge < -0.3 is 9.29 Å². The van der Waals surface area contributed by atoms with Crippen molar-refractivity contribution in [3.63, 3.8) is 0 Å². The summed E-state index contributed by atoms with van der Waals surface area (Å²) in [4.78, 5) is 20.2. The van der Waals surface area contributed by atoms with E-state index in [1.165, 1.54) is 0 Å². The van der Waals surface area contributed by atoms with Crippen molar-refractivity contribution < 1.29 is 14.1 Å². The summed E-state index contributed by atoms with van der Waals surface area (Å²) < 4.78 is 19.6. The highest BCUT2D eigenvalue weighted by atomic mass is 32.2. The Morgan fingerprint density at radius 1 is 1.50 bits per heavy atom. The monoisotopic (exact) mass is 325 g/mol. The molecular formula is C15H23N3O3S. The van der Waals surface area contributed by atoms with E-state index in [2.05, 4.69) is 21.3 Å². The van der Waals surface area contributed by atoms with Crippen molar-refractivity contribution in [2.75, 3.05) is 6.61 Å². The molecule has 122 valence electrons. The van der Waals surface area contributed by atoms with Gasteiger partial charge >= 0.3 is 5.97 Å². The van der Waals surface area contributed by atoms with Gasteiger partial charge in [0.05, 0.1) is 18.5 Å². The van der Waals surface area contributed by atoms with Gasteiger partial charge in [-0.3, -0.25) is 14.8 Å². The predicted octanol–water partition coefficient (Wildman–Crippen LogP) is 1.86. The van der Waals surface area contributed by atoms with Gasteiger partial charge in [-0.05, 0) is 33.3 Å². The first-order chi connectivity index (χ1) is 10.3. The van der Waals surface area contributed by atoms with Crippen LogP contribution in [0.1, 0.15) is 39.8 Å². The molecule has 0 saturated heterocycles. The summed E-state index contributed by atoms with van der Waals surface area (Å²) >= 11 is -1.39. The third kappa shape index (κ3) is 5.75. The highest BCUT2D eigenvalue weighted by Crippen LogP contribution is 2.19. The van der Waals surface area contributed by atoms with Gasteiger partial charge in [-0.2, -0.15) is 0 Å². The summed E-state index contributed by atoms with van der Waals surface area (Å²) in [5.41, 5.74) is 1.23. The summed E-state index contributed by atoms with van der Waals surface area (Å²) in [6, 6.07) is -0.741. The molecule has 6 nitrogen and oxygen atoms in total. The molecule has 7 heteroatoms. The first-order valence-electron chi connectivity index (χ1n) is 7.04. The lowest BCUT2D eigenvalue weighted by Crippen LogP contribution is -2.48. The fraction of sp³-hybridized carbons (Fsp3) is 0.533. The van der Waals surface area contributed by atoms with E-state index in [4.69, 9.17) is 4.74 Å². The molecule has 1 heterocycles. The molecule has 0 radical (unpaired) electrons. The van der Waals surface area contributed by atoms with Gasteiger partial charge in [0.2, 0.25) is 0 Å². The fourth-order valence-electron chi connectivity index (χ4n) is 1.55. The van der Waals surface area contributed by atoms with E-state index in [9.17, 15) is 9.35 Å². The zero-order valence-electron chi connectivity index (χ0n) is 13.5. The number of aromatic nitrogens is 2. The molecule has 2 atom stereocenters. The van der Waals surface area contributed by atoms with E-state index in [1.807, 2.05) is 20.8 Å². The Hall–Kier alpha value is -1.44. The number of nitrogens with zero attached hydrogens (tertiary/aromatic N) is 2. The number of hydrogen-bond donors (Lipinski definition) is 1. The van der Waals surface area contributed by atoms with Crippen LogP contribution in [0, 0.1) is 0 Å². The van der Waals surface area contributed by atoms with Crippen LogP contribution in [-0.4, -0.2) is 37.9 Å². The molecule has 0 aliphatic heterocycles. The van der Waals surface area contributed by atoms with E-state index in [-0.39, 0.29) is 13.0 Å². The van der Waals surface area contributed by atoms with E-state index in [0.717, 1.165) is 0 Å². The van der Waals surface area contributed by atoms with E-state index in [1.54, 1.807) is 25.5 Å². The topological polar surface area (TPSA) is 87.2 Å². The second-order valence-electron chi connectivity index (χ2n) is 5.70. The third-order valence-corrected chi connectivity index (χ3v) is 4.36. The van der Waals surface area contributed by atoms with Crippen LogP contribution in [0.3, 0.4) is 0 Å². The molecule has 0 bridgehead atoms. The maximum atomic E-state index is 12.2. The normalized spacial score (nSPS) is 14.2. The second-order valence-corrected chi connectivity index (χ2v) is 7.70. The molecular weight excluding hydrogens is 302 g/mol. The number of ether oxygens (including phenoxy) is 1. The Kier molecular flexibility index (Phi) is 6.99. The molecule has 0 spiro atoms. The quantitative estimate of drug-likeness (QED) is 0.608. The molecule has 0 aromatic carbocycles. The maximum Gasteiger partial charge on any atom is 0.328 e. The first kappa shape index (κ1) is 18.6. The van der Waals surface area contributed by atoms with Gasteiger partial charge in [0.25, 0.3) is 0 Å². The Labute approximate surface area is 134 Å². The Bertz CT molecular complexity index is 503. The average molecular weight is 325 g/mol. The van der Waals surface area contributed by atoms with Crippen molar-refractivity contribution in [3.8, 4) is 0 Å². The molecule has 0 saturated carbocycles. The molecule has 0 fully saturated rings. The minimum atomic E-state index is -1.39. The Morgan fingerprint density at radius 3 is 2.68 bits per heavy atom. The number of rotatable bonds is 7. The van der Waals surface area contributed by atoms with E-state index in [0.29, 0.717) is 11.3 Å².